The van der Waals surface area contributed by atoms with Gasteiger partial charge in [0, 0.05) is 24.0 Å². The fraction of sp³-hybridized carbons (Fsp3) is 0.591. The first kappa shape index (κ1) is 20.5. The largest absolute Gasteiger partial charge is 0.459 e. The molecule has 29 heavy (non-hydrogen) atoms. The molecule has 1 aromatic heterocycles. The number of benzene rings is 1. The van der Waals surface area contributed by atoms with Gasteiger partial charge in [-0.15, -0.1) is 0 Å². The minimum Gasteiger partial charge on any atom is -0.459 e. The van der Waals surface area contributed by atoms with Crippen LogP contribution in [0, 0.1) is 0 Å². The molecule has 1 spiro atoms. The number of ether oxygens (including phenoxy) is 1. The fourth-order valence-corrected chi connectivity index (χ4v) is 5.05. The van der Waals surface area contributed by atoms with E-state index in [1.807, 2.05) is 19.9 Å². The zero-order chi connectivity index (χ0) is 20.4. The lowest BCUT2D eigenvalue weighted by molar-refractivity contribution is 0.0315. The Hall–Kier alpha value is -1.76. The van der Waals surface area contributed by atoms with E-state index in [-0.39, 0.29) is 11.6 Å². The first-order chi connectivity index (χ1) is 14.1. The second-order valence-corrected chi connectivity index (χ2v) is 8.26. The van der Waals surface area contributed by atoms with Crippen molar-refractivity contribution in [2.24, 2.45) is 0 Å². The van der Waals surface area contributed by atoms with E-state index in [0.29, 0.717) is 10.7 Å². The molecule has 158 valence electrons. The molecule has 1 saturated heterocycles. The molecule has 3 heterocycles. The smallest absolute Gasteiger partial charge is 0.319 e. The van der Waals surface area contributed by atoms with Gasteiger partial charge in [0.2, 0.25) is 0 Å². The van der Waals surface area contributed by atoms with Crippen LogP contribution in [0.25, 0.3) is 11.0 Å². The maximum atomic E-state index is 12.3. The number of furan rings is 1. The van der Waals surface area contributed by atoms with Crippen LogP contribution < -0.4 is 10.6 Å². The van der Waals surface area contributed by atoms with Crippen molar-refractivity contribution in [1.82, 2.24) is 10.2 Å². The topological polar surface area (TPSA) is 66.7 Å². The van der Waals surface area contributed by atoms with Gasteiger partial charge >= 0.3 is 6.03 Å². The van der Waals surface area contributed by atoms with Gasteiger partial charge in [-0.2, -0.15) is 0 Å². The number of nitrogens with one attached hydrogen (secondary N) is 2. The van der Waals surface area contributed by atoms with E-state index in [2.05, 4.69) is 21.6 Å². The summed E-state index contributed by atoms with van der Waals surface area (Å²) < 4.78 is 11.8. The quantitative estimate of drug-likeness (QED) is 0.698. The van der Waals surface area contributed by atoms with Gasteiger partial charge in [-0.3, -0.25) is 4.90 Å². The summed E-state index contributed by atoms with van der Waals surface area (Å²) in [6.07, 6.45) is 5.22. The summed E-state index contributed by atoms with van der Waals surface area (Å²) in [5.41, 5.74) is 2.21. The summed E-state index contributed by atoms with van der Waals surface area (Å²) in [5, 5.41) is 7.70. The number of carbonyl (C=O) groups is 1. The van der Waals surface area contributed by atoms with E-state index >= 15 is 0 Å². The minimum atomic E-state index is -0.382. The highest BCUT2D eigenvalue weighted by Gasteiger charge is 2.43. The van der Waals surface area contributed by atoms with Gasteiger partial charge < -0.3 is 19.8 Å². The summed E-state index contributed by atoms with van der Waals surface area (Å²) in [6.45, 7) is 8.12. The highest BCUT2D eigenvalue weighted by molar-refractivity contribution is 6.35. The first-order valence-electron chi connectivity index (χ1n) is 10.8. The summed E-state index contributed by atoms with van der Waals surface area (Å²) in [6, 6.07) is 3.82. The molecule has 2 aromatic rings. The van der Waals surface area contributed by atoms with Crippen molar-refractivity contribution in [3.8, 4) is 0 Å². The molecule has 2 amide bonds. The van der Waals surface area contributed by atoms with Crippen molar-refractivity contribution < 1.29 is 13.9 Å². The Kier molecular flexibility index (Phi) is 6.04. The zero-order valence-electron chi connectivity index (χ0n) is 17.3. The number of anilines is 1. The van der Waals surface area contributed by atoms with Gasteiger partial charge in [-0.05, 0) is 25.0 Å². The number of nitrogens with zero attached hydrogens (tertiary/aromatic N) is 1. The van der Waals surface area contributed by atoms with Crippen molar-refractivity contribution >= 4 is 34.3 Å². The van der Waals surface area contributed by atoms with Crippen LogP contribution in [0.5, 0.6) is 0 Å². The summed E-state index contributed by atoms with van der Waals surface area (Å²) >= 11 is 6.58. The molecule has 0 radical (unpaired) electrons. The molecule has 1 aromatic carbocycles. The van der Waals surface area contributed by atoms with Crippen LogP contribution in [0.3, 0.4) is 0 Å². The maximum absolute atomic E-state index is 12.3. The fourth-order valence-electron chi connectivity index (χ4n) is 4.79. The Labute approximate surface area is 176 Å². The number of urea groups is 1. The summed E-state index contributed by atoms with van der Waals surface area (Å²) in [5.74, 6) is 0.930. The predicted molar refractivity (Wildman–Crippen MR) is 116 cm³/mol. The number of hydrogen-bond donors (Lipinski definition) is 2. The van der Waals surface area contributed by atoms with E-state index in [9.17, 15) is 4.79 Å². The maximum Gasteiger partial charge on any atom is 0.319 e. The van der Waals surface area contributed by atoms with Crippen LogP contribution in [-0.2, 0) is 16.8 Å². The normalized spacial score (nSPS) is 21.1. The molecule has 2 fully saturated rings. The molecule has 3 aliphatic rings. The molecule has 2 aliphatic heterocycles. The van der Waals surface area contributed by atoms with Gasteiger partial charge in [0.05, 0.1) is 36.0 Å². The van der Waals surface area contributed by atoms with Crippen LogP contribution in [0.2, 0.25) is 5.02 Å². The average molecular weight is 420 g/mol. The Morgan fingerprint density at radius 3 is 2.59 bits per heavy atom. The van der Waals surface area contributed by atoms with Crippen LogP contribution in [0.4, 0.5) is 10.5 Å². The standard InChI is InChI=1S/C20H24ClN3O3.C2H6/c21-15-11-13-10-14(12-24-6-8-26-9-7-24)27-18(13)16-17(15)22-19(25)23-20(16)4-2-1-3-5-20;1-2/h10-11H,1-9,12H2,(H2,22,23,25);1-2H3. The lowest BCUT2D eigenvalue weighted by atomic mass is 9.74. The van der Waals surface area contributed by atoms with Crippen LogP contribution >= 0.6 is 11.6 Å². The zero-order valence-corrected chi connectivity index (χ0v) is 18.0. The molecule has 1 saturated carbocycles. The Balaban J connectivity index is 0.000000994. The third-order valence-electron chi connectivity index (χ3n) is 6.07. The van der Waals surface area contributed by atoms with Crippen LogP contribution in [-0.4, -0.2) is 37.2 Å². The number of amides is 2. The lowest BCUT2D eigenvalue weighted by Crippen LogP contribution is -2.52. The number of halogens is 1. The van der Waals surface area contributed by atoms with Crippen molar-refractivity contribution in [2.75, 3.05) is 31.6 Å². The van der Waals surface area contributed by atoms with Crippen LogP contribution in [0.15, 0.2) is 16.5 Å². The molecule has 0 atom stereocenters. The second-order valence-electron chi connectivity index (χ2n) is 7.85. The SMILES string of the molecule is CC.O=C1Nc2c(Cl)cc3cc(CN4CCOCC4)oc3c2C2(CCCCC2)N1. The van der Waals surface area contributed by atoms with E-state index in [0.717, 1.165) is 80.8 Å². The number of hydrogen-bond acceptors (Lipinski definition) is 4. The number of fused-ring (bicyclic) bond motifs is 4. The Bertz CT molecular complexity index is 883. The summed E-state index contributed by atoms with van der Waals surface area (Å²) in [7, 11) is 0. The second kappa shape index (κ2) is 8.54. The number of rotatable bonds is 2. The number of carbonyl (C=O) groups excluding carboxylic acids is 1. The van der Waals surface area contributed by atoms with E-state index < -0.39 is 0 Å². The third kappa shape index (κ3) is 3.86. The monoisotopic (exact) mass is 419 g/mol. The lowest BCUT2D eigenvalue weighted by Gasteiger charge is -2.42. The van der Waals surface area contributed by atoms with Gasteiger partial charge in [-0.1, -0.05) is 44.7 Å². The molecule has 5 rings (SSSR count). The number of morpholine rings is 1. The van der Waals surface area contributed by atoms with Gasteiger partial charge in [-0.25, -0.2) is 4.79 Å². The predicted octanol–water partition coefficient (Wildman–Crippen LogP) is 5.24. The molecule has 7 heteroatoms. The highest BCUT2D eigenvalue weighted by atomic mass is 35.5. The highest BCUT2D eigenvalue weighted by Crippen LogP contribution is 2.49. The molecule has 1 aliphatic carbocycles. The van der Waals surface area contributed by atoms with E-state index in [1.165, 1.54) is 6.42 Å². The van der Waals surface area contributed by atoms with Crippen molar-refractivity contribution in [3.05, 3.63) is 28.5 Å². The molecular formula is C22H30ClN3O3. The molecule has 6 nitrogen and oxygen atoms in total. The Morgan fingerprint density at radius 2 is 1.86 bits per heavy atom. The van der Waals surface area contributed by atoms with Crippen molar-refractivity contribution in [3.63, 3.8) is 0 Å². The first-order valence-corrected chi connectivity index (χ1v) is 11.2. The average Bonchev–Trinajstić information content (AvgIpc) is 3.12. The molecule has 0 bridgehead atoms. The Morgan fingerprint density at radius 1 is 1.14 bits per heavy atom. The van der Waals surface area contributed by atoms with Gasteiger partial charge in [0.15, 0.2) is 0 Å². The van der Waals surface area contributed by atoms with Crippen molar-refractivity contribution in [2.45, 2.75) is 58.0 Å². The van der Waals surface area contributed by atoms with Crippen LogP contribution in [0.1, 0.15) is 57.3 Å². The van der Waals surface area contributed by atoms with E-state index in [4.69, 9.17) is 20.8 Å². The minimum absolute atomic E-state index is 0.175. The summed E-state index contributed by atoms with van der Waals surface area (Å²) in [4.78, 5) is 14.7. The van der Waals surface area contributed by atoms with Gasteiger partial charge in [0.25, 0.3) is 0 Å². The molecule has 0 unspecified atom stereocenters. The molecule has 2 N–H and O–H groups in total. The van der Waals surface area contributed by atoms with Gasteiger partial charge in [0.1, 0.15) is 11.3 Å². The van der Waals surface area contributed by atoms with E-state index in [1.54, 1.807) is 0 Å². The third-order valence-corrected chi connectivity index (χ3v) is 6.37. The molecular weight excluding hydrogens is 390 g/mol. The van der Waals surface area contributed by atoms with Crippen molar-refractivity contribution in [1.29, 1.82) is 0 Å².